The van der Waals surface area contributed by atoms with Crippen LogP contribution in [0.25, 0.3) is 22.6 Å². The van der Waals surface area contributed by atoms with Gasteiger partial charge in [-0.1, -0.05) is 15.9 Å². The molecular weight excluding hydrogens is 404 g/mol. The van der Waals surface area contributed by atoms with Crippen molar-refractivity contribution in [2.45, 2.75) is 13.8 Å². The Hall–Kier alpha value is -2.92. The average molecular weight is 421 g/mol. The summed E-state index contributed by atoms with van der Waals surface area (Å²) >= 11 is 3.43. The maximum atomic E-state index is 10.1. The number of phenols is 1. The van der Waals surface area contributed by atoms with Crippen molar-refractivity contribution in [2.75, 3.05) is 0 Å². The van der Waals surface area contributed by atoms with Crippen LogP contribution in [0.5, 0.6) is 5.75 Å². The van der Waals surface area contributed by atoms with Gasteiger partial charge in [-0.2, -0.15) is 0 Å². The van der Waals surface area contributed by atoms with Gasteiger partial charge in [0.25, 0.3) is 0 Å². The van der Waals surface area contributed by atoms with E-state index in [1.54, 1.807) is 12.3 Å². The minimum absolute atomic E-state index is 0.224. The maximum Gasteiger partial charge on any atom is 0.227 e. The Morgan fingerprint density at radius 1 is 1.00 bits per heavy atom. The van der Waals surface area contributed by atoms with E-state index in [4.69, 9.17) is 4.42 Å². The third kappa shape index (κ3) is 3.64. The number of aromatic nitrogens is 1. The number of rotatable bonds is 3. The minimum Gasteiger partial charge on any atom is -0.507 e. The topological polar surface area (TPSA) is 58.6 Å². The van der Waals surface area contributed by atoms with Gasteiger partial charge in [0.05, 0.1) is 5.69 Å². The number of phenolic OH excluding ortho intramolecular Hbond substituents is 1. The molecule has 0 unspecified atom stereocenters. The Kier molecular flexibility index (Phi) is 4.54. The van der Waals surface area contributed by atoms with E-state index in [0.29, 0.717) is 17.0 Å². The Morgan fingerprint density at radius 2 is 1.74 bits per heavy atom. The molecular formula is C22H17BrN2O2. The van der Waals surface area contributed by atoms with Gasteiger partial charge in [-0.05, 0) is 79.6 Å². The van der Waals surface area contributed by atoms with Crippen molar-refractivity contribution in [3.8, 4) is 17.2 Å². The minimum atomic E-state index is 0.224. The smallest absolute Gasteiger partial charge is 0.227 e. The zero-order valence-electron chi connectivity index (χ0n) is 14.9. The van der Waals surface area contributed by atoms with Crippen molar-refractivity contribution in [1.29, 1.82) is 0 Å². The fourth-order valence-corrected chi connectivity index (χ4v) is 3.05. The third-order valence-corrected chi connectivity index (χ3v) is 4.99. The van der Waals surface area contributed by atoms with Crippen LogP contribution in [0, 0.1) is 13.8 Å². The number of aryl methyl sites for hydroxylation is 2. The SMILES string of the molecule is Cc1cc(O)c(C=Nc2ccc3oc(-c4ccc(Br)cc4)nc3c2)cc1C. The quantitative estimate of drug-likeness (QED) is 0.393. The van der Waals surface area contributed by atoms with Crippen LogP contribution < -0.4 is 0 Å². The van der Waals surface area contributed by atoms with Crippen molar-refractivity contribution in [3.05, 3.63) is 75.8 Å². The van der Waals surface area contributed by atoms with Crippen LogP contribution in [0.1, 0.15) is 16.7 Å². The molecule has 1 heterocycles. The first-order valence-corrected chi connectivity index (χ1v) is 9.30. The number of halogens is 1. The molecule has 1 aromatic heterocycles. The van der Waals surface area contributed by atoms with E-state index >= 15 is 0 Å². The molecule has 5 heteroatoms. The van der Waals surface area contributed by atoms with Gasteiger partial charge in [0, 0.05) is 21.8 Å². The van der Waals surface area contributed by atoms with Gasteiger partial charge in [0.1, 0.15) is 11.3 Å². The Balaban J connectivity index is 1.65. The van der Waals surface area contributed by atoms with Crippen molar-refractivity contribution in [1.82, 2.24) is 4.98 Å². The molecule has 0 saturated heterocycles. The number of hydrogen-bond donors (Lipinski definition) is 1. The molecule has 134 valence electrons. The monoisotopic (exact) mass is 420 g/mol. The molecule has 4 aromatic rings. The zero-order valence-corrected chi connectivity index (χ0v) is 16.5. The molecule has 3 aromatic carbocycles. The number of aromatic hydroxyl groups is 1. The van der Waals surface area contributed by atoms with E-state index in [1.165, 1.54) is 0 Å². The molecule has 0 atom stereocenters. The number of hydrogen-bond acceptors (Lipinski definition) is 4. The highest BCUT2D eigenvalue weighted by molar-refractivity contribution is 9.10. The normalized spacial score (nSPS) is 11.5. The number of nitrogens with zero attached hydrogens (tertiary/aromatic N) is 2. The van der Waals surface area contributed by atoms with E-state index in [0.717, 1.165) is 32.4 Å². The van der Waals surface area contributed by atoms with Gasteiger partial charge in [0.2, 0.25) is 5.89 Å². The van der Waals surface area contributed by atoms with E-state index in [2.05, 4.69) is 25.9 Å². The summed E-state index contributed by atoms with van der Waals surface area (Å²) in [5.41, 5.74) is 5.96. The molecule has 0 saturated carbocycles. The Labute approximate surface area is 165 Å². The standard InChI is InChI=1S/C22H17BrN2O2/c1-13-9-16(20(26)10-14(13)2)12-24-18-7-8-21-19(11-18)25-22(27-21)15-3-5-17(23)6-4-15/h3-12,26H,1-2H3. The lowest BCUT2D eigenvalue weighted by Crippen LogP contribution is -1.87. The summed E-state index contributed by atoms with van der Waals surface area (Å²) in [6, 6.07) is 17.1. The molecule has 0 aliphatic carbocycles. The summed E-state index contributed by atoms with van der Waals surface area (Å²) in [5, 5.41) is 10.1. The van der Waals surface area contributed by atoms with Gasteiger partial charge in [-0.25, -0.2) is 4.98 Å². The number of fused-ring (bicyclic) bond motifs is 1. The second kappa shape index (κ2) is 7.00. The largest absolute Gasteiger partial charge is 0.507 e. The summed E-state index contributed by atoms with van der Waals surface area (Å²) in [6.45, 7) is 3.98. The number of oxazole rings is 1. The van der Waals surface area contributed by atoms with Crippen molar-refractivity contribution in [3.63, 3.8) is 0 Å². The van der Waals surface area contributed by atoms with Gasteiger partial charge >= 0.3 is 0 Å². The van der Waals surface area contributed by atoms with Crippen molar-refractivity contribution < 1.29 is 9.52 Å². The van der Waals surface area contributed by atoms with Crippen LogP contribution in [-0.4, -0.2) is 16.3 Å². The van der Waals surface area contributed by atoms with Crippen molar-refractivity contribution >= 4 is 38.9 Å². The predicted molar refractivity (Wildman–Crippen MR) is 112 cm³/mol. The molecule has 0 spiro atoms. The second-order valence-electron chi connectivity index (χ2n) is 6.43. The summed E-state index contributed by atoms with van der Waals surface area (Å²) < 4.78 is 6.85. The summed E-state index contributed by atoms with van der Waals surface area (Å²) in [6.07, 6.45) is 1.67. The molecule has 27 heavy (non-hydrogen) atoms. The number of benzene rings is 3. The van der Waals surface area contributed by atoms with Crippen LogP contribution in [0.4, 0.5) is 5.69 Å². The molecule has 0 aliphatic heterocycles. The lowest BCUT2D eigenvalue weighted by molar-refractivity contribution is 0.474. The van der Waals surface area contributed by atoms with Crippen LogP contribution in [0.3, 0.4) is 0 Å². The molecule has 0 aliphatic rings. The van der Waals surface area contributed by atoms with Gasteiger partial charge < -0.3 is 9.52 Å². The van der Waals surface area contributed by atoms with Crippen LogP contribution in [0.15, 0.2) is 68.5 Å². The fourth-order valence-electron chi connectivity index (χ4n) is 2.78. The van der Waals surface area contributed by atoms with Crippen LogP contribution in [0.2, 0.25) is 0 Å². The van der Waals surface area contributed by atoms with Gasteiger partial charge in [-0.3, -0.25) is 4.99 Å². The van der Waals surface area contributed by atoms with Crippen molar-refractivity contribution in [2.24, 2.45) is 4.99 Å². The maximum absolute atomic E-state index is 10.1. The van der Waals surface area contributed by atoms with Crippen LogP contribution in [-0.2, 0) is 0 Å². The summed E-state index contributed by atoms with van der Waals surface area (Å²) in [5.74, 6) is 0.798. The molecule has 4 rings (SSSR count). The van der Waals surface area contributed by atoms with E-state index in [-0.39, 0.29) is 5.75 Å². The lowest BCUT2D eigenvalue weighted by atomic mass is 10.1. The van der Waals surface area contributed by atoms with E-state index in [9.17, 15) is 5.11 Å². The molecule has 0 fully saturated rings. The van der Waals surface area contributed by atoms with E-state index in [1.807, 2.05) is 62.4 Å². The fraction of sp³-hybridized carbons (Fsp3) is 0.0909. The summed E-state index contributed by atoms with van der Waals surface area (Å²) in [4.78, 5) is 9.05. The molecule has 4 nitrogen and oxygen atoms in total. The first kappa shape index (κ1) is 17.5. The molecule has 1 N–H and O–H groups in total. The van der Waals surface area contributed by atoms with Crippen LogP contribution >= 0.6 is 15.9 Å². The number of aliphatic imine (C=N–C) groups is 1. The Morgan fingerprint density at radius 3 is 2.52 bits per heavy atom. The molecule has 0 radical (unpaired) electrons. The second-order valence-corrected chi connectivity index (χ2v) is 7.35. The van der Waals surface area contributed by atoms with Gasteiger partial charge in [-0.15, -0.1) is 0 Å². The predicted octanol–water partition coefficient (Wildman–Crippen LogP) is 6.33. The van der Waals surface area contributed by atoms with E-state index < -0.39 is 0 Å². The van der Waals surface area contributed by atoms with Gasteiger partial charge in [0.15, 0.2) is 5.58 Å². The highest BCUT2D eigenvalue weighted by Gasteiger charge is 2.09. The third-order valence-electron chi connectivity index (χ3n) is 4.46. The first-order valence-electron chi connectivity index (χ1n) is 8.50. The lowest BCUT2D eigenvalue weighted by Gasteiger charge is -2.04. The first-order chi connectivity index (χ1) is 13.0. The molecule has 0 bridgehead atoms. The highest BCUT2D eigenvalue weighted by atomic mass is 79.9. The summed E-state index contributed by atoms with van der Waals surface area (Å²) in [7, 11) is 0. The average Bonchev–Trinajstić information content (AvgIpc) is 3.07. The Bertz CT molecular complexity index is 1160. The molecule has 0 amide bonds. The zero-order chi connectivity index (χ0) is 19.0. The highest BCUT2D eigenvalue weighted by Crippen LogP contribution is 2.28.